The van der Waals surface area contributed by atoms with Crippen molar-refractivity contribution in [2.45, 2.75) is 13.8 Å². The Morgan fingerprint density at radius 3 is 2.65 bits per heavy atom. The molecule has 1 rings (SSSR count). The van der Waals surface area contributed by atoms with E-state index < -0.39 is 27.9 Å². The minimum Gasteiger partial charge on any atom is -0.374 e. The molecule has 0 atom stereocenters. The van der Waals surface area contributed by atoms with Crippen LogP contribution in [0.25, 0.3) is 0 Å². The van der Waals surface area contributed by atoms with Crippen LogP contribution in [0, 0.1) is 21.7 Å². The Morgan fingerprint density at radius 2 is 2.12 bits per heavy atom. The van der Waals surface area contributed by atoms with Crippen molar-refractivity contribution in [3.8, 4) is 0 Å². The molecule has 0 aliphatic carbocycles. The molecule has 1 N–H and O–H groups in total. The van der Waals surface area contributed by atoms with E-state index in [4.69, 9.17) is 0 Å². The molecule has 0 bridgehead atoms. The van der Waals surface area contributed by atoms with Gasteiger partial charge in [0.2, 0.25) is 0 Å². The fourth-order valence-corrected chi connectivity index (χ4v) is 1.22. The zero-order valence-corrected chi connectivity index (χ0v) is 9.46. The van der Waals surface area contributed by atoms with E-state index in [-0.39, 0.29) is 6.54 Å². The number of benzene rings is 1. The monoisotopic (exact) mass is 242 g/mol. The molecule has 0 fully saturated rings. The average Bonchev–Trinajstić information content (AvgIpc) is 2.23. The van der Waals surface area contributed by atoms with Gasteiger partial charge in [-0.15, -0.1) is 0 Å². The molecule has 0 radical (unpaired) electrons. The van der Waals surface area contributed by atoms with E-state index in [1.807, 2.05) is 13.8 Å². The first-order valence-corrected chi connectivity index (χ1v) is 4.93. The molecule has 0 aromatic heterocycles. The highest BCUT2D eigenvalue weighted by molar-refractivity contribution is 5.62. The second kappa shape index (κ2) is 5.38. The summed E-state index contributed by atoms with van der Waals surface area (Å²) in [5, 5.41) is 13.1. The first-order chi connectivity index (χ1) is 7.93. The highest BCUT2D eigenvalue weighted by atomic mass is 19.2. The minimum absolute atomic E-state index is 0.198. The lowest BCUT2D eigenvalue weighted by Crippen LogP contribution is -2.06. The quantitative estimate of drug-likeness (QED) is 0.501. The lowest BCUT2D eigenvalue weighted by Gasteiger charge is -2.06. The first-order valence-electron chi connectivity index (χ1n) is 4.93. The zero-order chi connectivity index (χ0) is 13.0. The molecule has 0 unspecified atom stereocenters. The Labute approximate surface area is 97.1 Å². The van der Waals surface area contributed by atoms with E-state index in [0.29, 0.717) is 0 Å². The summed E-state index contributed by atoms with van der Waals surface area (Å²) in [5.41, 5.74) is 0.0653. The van der Waals surface area contributed by atoms with Crippen molar-refractivity contribution in [3.05, 3.63) is 45.5 Å². The highest BCUT2D eigenvalue weighted by Crippen LogP contribution is 2.28. The lowest BCUT2D eigenvalue weighted by molar-refractivity contribution is -0.384. The topological polar surface area (TPSA) is 55.2 Å². The van der Waals surface area contributed by atoms with Crippen LogP contribution < -0.4 is 5.32 Å². The first kappa shape index (κ1) is 13.1. The summed E-state index contributed by atoms with van der Waals surface area (Å²) in [5.74, 6) is -2.35. The number of nitro benzene ring substituents is 1. The third-order valence-corrected chi connectivity index (χ3v) is 2.06. The summed E-state index contributed by atoms with van der Waals surface area (Å²) in [6.07, 6.45) is 1.72. The predicted molar refractivity (Wildman–Crippen MR) is 60.9 cm³/mol. The maximum atomic E-state index is 13.4. The molecule has 0 saturated carbocycles. The molecule has 0 heterocycles. The van der Waals surface area contributed by atoms with Crippen molar-refractivity contribution in [2.24, 2.45) is 0 Å². The zero-order valence-electron chi connectivity index (χ0n) is 9.46. The Bertz CT molecular complexity index is 469. The smallest absolute Gasteiger partial charge is 0.295 e. The minimum atomic E-state index is -1.23. The van der Waals surface area contributed by atoms with Crippen molar-refractivity contribution in [3.63, 3.8) is 0 Å². The molecule has 0 saturated heterocycles. The average molecular weight is 242 g/mol. The number of halogens is 2. The van der Waals surface area contributed by atoms with Gasteiger partial charge >= 0.3 is 0 Å². The van der Waals surface area contributed by atoms with Gasteiger partial charge in [-0.3, -0.25) is 10.1 Å². The highest BCUT2D eigenvalue weighted by Gasteiger charge is 2.20. The van der Waals surface area contributed by atoms with Crippen LogP contribution in [0.5, 0.6) is 0 Å². The van der Waals surface area contributed by atoms with Crippen LogP contribution in [0.3, 0.4) is 0 Å². The Hall–Kier alpha value is -1.98. The third-order valence-electron chi connectivity index (χ3n) is 2.06. The molecule has 6 heteroatoms. The van der Waals surface area contributed by atoms with E-state index in [2.05, 4.69) is 5.32 Å². The molecule has 17 heavy (non-hydrogen) atoms. The standard InChI is InChI=1S/C11H12F2N2O2/c1-7(2)5-6-14-11-9(15(16)17)4-3-8(12)10(11)13/h3-5,14H,6H2,1-2H3. The van der Waals surface area contributed by atoms with Gasteiger partial charge in [-0.25, -0.2) is 8.78 Å². The Morgan fingerprint density at radius 1 is 1.47 bits per heavy atom. The largest absolute Gasteiger partial charge is 0.374 e. The van der Waals surface area contributed by atoms with Crippen LogP contribution in [-0.2, 0) is 0 Å². The van der Waals surface area contributed by atoms with E-state index >= 15 is 0 Å². The third kappa shape index (κ3) is 3.24. The normalized spacial score (nSPS) is 9.88. The SMILES string of the molecule is CC(C)=CCNc1c([N+](=O)[O-])ccc(F)c1F. The van der Waals surface area contributed by atoms with Crippen molar-refractivity contribution in [1.82, 2.24) is 0 Å². The van der Waals surface area contributed by atoms with Crippen LogP contribution in [-0.4, -0.2) is 11.5 Å². The number of anilines is 1. The van der Waals surface area contributed by atoms with Crippen LogP contribution in [0.15, 0.2) is 23.8 Å². The second-order valence-electron chi connectivity index (χ2n) is 3.67. The number of hydrogen-bond donors (Lipinski definition) is 1. The summed E-state index contributed by atoms with van der Waals surface area (Å²) in [7, 11) is 0. The lowest BCUT2D eigenvalue weighted by atomic mass is 10.2. The van der Waals surface area contributed by atoms with E-state index in [1.54, 1.807) is 6.08 Å². The van der Waals surface area contributed by atoms with Gasteiger partial charge in [0, 0.05) is 12.6 Å². The van der Waals surface area contributed by atoms with Crippen molar-refractivity contribution >= 4 is 11.4 Å². The predicted octanol–water partition coefficient (Wildman–Crippen LogP) is 3.25. The molecule has 0 amide bonds. The number of allylic oxidation sites excluding steroid dienone is 1. The van der Waals surface area contributed by atoms with Gasteiger partial charge in [-0.1, -0.05) is 11.6 Å². The number of nitrogens with zero attached hydrogens (tertiary/aromatic N) is 1. The van der Waals surface area contributed by atoms with Gasteiger partial charge < -0.3 is 5.32 Å². The Balaban J connectivity index is 3.06. The van der Waals surface area contributed by atoms with E-state index in [9.17, 15) is 18.9 Å². The maximum Gasteiger partial charge on any atom is 0.295 e. The van der Waals surface area contributed by atoms with Crippen LogP contribution >= 0.6 is 0 Å². The van der Waals surface area contributed by atoms with Gasteiger partial charge in [-0.2, -0.15) is 0 Å². The summed E-state index contributed by atoms with van der Waals surface area (Å²) < 4.78 is 26.3. The molecule has 0 aliphatic rings. The molecule has 92 valence electrons. The number of nitro groups is 1. The summed E-state index contributed by atoms with van der Waals surface area (Å²) in [6.45, 7) is 3.86. The van der Waals surface area contributed by atoms with Gasteiger partial charge in [0.15, 0.2) is 17.3 Å². The second-order valence-corrected chi connectivity index (χ2v) is 3.67. The van der Waals surface area contributed by atoms with Gasteiger partial charge in [0.1, 0.15) is 0 Å². The molecular formula is C11H12F2N2O2. The Kier molecular flexibility index (Phi) is 4.14. The fourth-order valence-electron chi connectivity index (χ4n) is 1.22. The summed E-state index contributed by atoms with van der Waals surface area (Å²) >= 11 is 0. The van der Waals surface area contributed by atoms with Gasteiger partial charge in [0.05, 0.1) is 4.92 Å². The molecule has 0 spiro atoms. The molecule has 1 aromatic carbocycles. The van der Waals surface area contributed by atoms with Crippen molar-refractivity contribution in [2.75, 3.05) is 11.9 Å². The number of rotatable bonds is 4. The van der Waals surface area contributed by atoms with E-state index in [1.165, 1.54) is 0 Å². The van der Waals surface area contributed by atoms with Crippen molar-refractivity contribution < 1.29 is 13.7 Å². The van der Waals surface area contributed by atoms with Crippen LogP contribution in [0.2, 0.25) is 0 Å². The van der Waals surface area contributed by atoms with Crippen LogP contribution in [0.4, 0.5) is 20.2 Å². The molecular weight excluding hydrogens is 230 g/mol. The number of nitrogens with one attached hydrogen (secondary N) is 1. The maximum absolute atomic E-state index is 13.4. The molecule has 1 aromatic rings. The summed E-state index contributed by atoms with van der Waals surface area (Å²) in [6, 6.07) is 1.67. The van der Waals surface area contributed by atoms with Gasteiger partial charge in [-0.05, 0) is 19.9 Å². The van der Waals surface area contributed by atoms with Gasteiger partial charge in [0.25, 0.3) is 5.69 Å². The van der Waals surface area contributed by atoms with Crippen molar-refractivity contribution in [1.29, 1.82) is 0 Å². The van der Waals surface area contributed by atoms with Crippen LogP contribution in [0.1, 0.15) is 13.8 Å². The van der Waals surface area contributed by atoms with E-state index in [0.717, 1.165) is 17.7 Å². The molecule has 0 aliphatic heterocycles. The number of hydrogen-bond acceptors (Lipinski definition) is 3. The summed E-state index contributed by atoms with van der Waals surface area (Å²) in [4.78, 5) is 9.89. The fraction of sp³-hybridized carbons (Fsp3) is 0.273. The molecule has 4 nitrogen and oxygen atoms in total.